The minimum Gasteiger partial charge on any atom is -0.377 e. The van der Waals surface area contributed by atoms with E-state index in [-0.39, 0.29) is 30.1 Å². The highest BCUT2D eigenvalue weighted by molar-refractivity contribution is 7.91. The molecule has 2 atom stereocenters. The van der Waals surface area contributed by atoms with E-state index in [9.17, 15) is 13.2 Å². The van der Waals surface area contributed by atoms with Crippen molar-refractivity contribution < 1.29 is 17.9 Å². The molecule has 0 aliphatic carbocycles. The monoisotopic (exact) mass is 386 g/mol. The van der Waals surface area contributed by atoms with Gasteiger partial charge >= 0.3 is 0 Å². The Hall–Kier alpha value is -0.960. The molecular formula is C17H26N2O4S2. The van der Waals surface area contributed by atoms with Crippen LogP contribution in [0.4, 0.5) is 0 Å². The van der Waals surface area contributed by atoms with Gasteiger partial charge < -0.3 is 10.1 Å². The van der Waals surface area contributed by atoms with Crippen LogP contribution in [0.3, 0.4) is 0 Å². The normalized spacial score (nSPS) is 28.5. The van der Waals surface area contributed by atoms with Gasteiger partial charge in [-0.15, -0.1) is 11.3 Å². The van der Waals surface area contributed by atoms with Gasteiger partial charge in [0.25, 0.3) is 0 Å². The summed E-state index contributed by atoms with van der Waals surface area (Å²) in [5.41, 5.74) is -0.644. The molecule has 25 heavy (non-hydrogen) atoms. The zero-order chi connectivity index (χ0) is 17.9. The lowest BCUT2D eigenvalue weighted by Crippen LogP contribution is -2.50. The van der Waals surface area contributed by atoms with Crippen LogP contribution in [0.15, 0.2) is 17.5 Å². The average molecular weight is 387 g/mol. The number of ether oxygens (including phenoxy) is 1. The standard InChI is InChI=1S/C17H26N2O4S2/c1-17(6-9-25(21,22)13-17)18-16(20)12-19(10-14-4-2-7-23-14)11-15-5-3-8-24-15/h3,5,8,14H,2,4,6-7,9-13H2,1H3,(H,18,20)/t14-,17-/m1/s1. The molecule has 1 amide bonds. The first-order chi connectivity index (χ1) is 11.8. The summed E-state index contributed by atoms with van der Waals surface area (Å²) < 4.78 is 29.1. The zero-order valence-corrected chi connectivity index (χ0v) is 16.2. The molecule has 1 aromatic heterocycles. The van der Waals surface area contributed by atoms with Crippen LogP contribution in [0.1, 0.15) is 31.1 Å². The molecule has 1 N–H and O–H groups in total. The third kappa shape index (κ3) is 5.51. The van der Waals surface area contributed by atoms with E-state index in [0.29, 0.717) is 13.0 Å². The van der Waals surface area contributed by atoms with Gasteiger partial charge in [0.1, 0.15) is 0 Å². The highest BCUT2D eigenvalue weighted by Crippen LogP contribution is 2.23. The highest BCUT2D eigenvalue weighted by Gasteiger charge is 2.39. The topological polar surface area (TPSA) is 75.7 Å². The Labute approximate surface area is 153 Å². The van der Waals surface area contributed by atoms with E-state index in [4.69, 9.17) is 4.74 Å². The maximum absolute atomic E-state index is 12.5. The van der Waals surface area contributed by atoms with E-state index in [1.807, 2.05) is 18.4 Å². The van der Waals surface area contributed by atoms with Crippen molar-refractivity contribution in [3.05, 3.63) is 22.4 Å². The van der Waals surface area contributed by atoms with Crippen molar-refractivity contribution in [3.63, 3.8) is 0 Å². The molecule has 8 heteroatoms. The number of rotatable bonds is 7. The number of sulfone groups is 1. The van der Waals surface area contributed by atoms with Crippen LogP contribution in [0.2, 0.25) is 0 Å². The van der Waals surface area contributed by atoms with Crippen molar-refractivity contribution >= 4 is 27.1 Å². The van der Waals surface area contributed by atoms with E-state index in [1.54, 1.807) is 11.3 Å². The molecule has 2 aliphatic heterocycles. The third-order valence-electron chi connectivity index (χ3n) is 4.76. The summed E-state index contributed by atoms with van der Waals surface area (Å²) in [4.78, 5) is 15.9. The van der Waals surface area contributed by atoms with Crippen LogP contribution in [0.25, 0.3) is 0 Å². The predicted molar refractivity (Wildman–Crippen MR) is 98.4 cm³/mol. The molecule has 3 rings (SSSR count). The summed E-state index contributed by atoms with van der Waals surface area (Å²) in [5, 5.41) is 4.98. The molecule has 3 heterocycles. The van der Waals surface area contributed by atoms with Crippen molar-refractivity contribution in [1.82, 2.24) is 10.2 Å². The molecule has 0 spiro atoms. The number of carbonyl (C=O) groups excluding carboxylic acids is 1. The summed E-state index contributed by atoms with van der Waals surface area (Å²) in [5.74, 6) is 0.0650. The van der Waals surface area contributed by atoms with Gasteiger partial charge in [0.15, 0.2) is 9.84 Å². The first-order valence-electron chi connectivity index (χ1n) is 8.71. The van der Waals surface area contributed by atoms with Crippen molar-refractivity contribution in [2.45, 2.75) is 44.4 Å². The minimum atomic E-state index is -3.03. The molecular weight excluding hydrogens is 360 g/mol. The van der Waals surface area contributed by atoms with Crippen molar-refractivity contribution in [2.24, 2.45) is 0 Å². The number of hydrogen-bond donors (Lipinski definition) is 1. The number of carbonyl (C=O) groups is 1. The average Bonchev–Trinajstić information content (AvgIpc) is 3.22. The molecule has 0 unspecified atom stereocenters. The van der Waals surface area contributed by atoms with Gasteiger partial charge in [-0.1, -0.05) is 6.07 Å². The Balaban J connectivity index is 1.59. The lowest BCUT2D eigenvalue weighted by Gasteiger charge is -2.28. The molecule has 6 nitrogen and oxygen atoms in total. The molecule has 2 fully saturated rings. The molecule has 0 bridgehead atoms. The first-order valence-corrected chi connectivity index (χ1v) is 11.4. The second-order valence-electron chi connectivity index (χ2n) is 7.33. The lowest BCUT2D eigenvalue weighted by atomic mass is 10.0. The van der Waals surface area contributed by atoms with Crippen LogP contribution in [0.5, 0.6) is 0 Å². The molecule has 1 aromatic rings. The minimum absolute atomic E-state index is 0.0302. The second-order valence-corrected chi connectivity index (χ2v) is 10.6. The molecule has 140 valence electrons. The molecule has 0 aromatic carbocycles. The fraction of sp³-hybridized carbons (Fsp3) is 0.706. The Morgan fingerprint density at radius 3 is 2.96 bits per heavy atom. The SMILES string of the molecule is C[C@@]1(NC(=O)CN(Cc2cccs2)C[C@H]2CCCO2)CCS(=O)(=O)C1. The fourth-order valence-electron chi connectivity index (χ4n) is 3.57. The van der Waals surface area contributed by atoms with Crippen LogP contribution >= 0.6 is 11.3 Å². The van der Waals surface area contributed by atoms with Gasteiger partial charge in [-0.3, -0.25) is 9.69 Å². The zero-order valence-electron chi connectivity index (χ0n) is 14.6. The summed E-state index contributed by atoms with van der Waals surface area (Å²) in [6.45, 7) is 4.30. The lowest BCUT2D eigenvalue weighted by molar-refractivity contribution is -0.124. The van der Waals surface area contributed by atoms with Gasteiger partial charge in [-0.25, -0.2) is 8.42 Å². The molecule has 2 aliphatic rings. The highest BCUT2D eigenvalue weighted by atomic mass is 32.2. The number of amides is 1. The maximum Gasteiger partial charge on any atom is 0.234 e. The maximum atomic E-state index is 12.5. The predicted octanol–water partition coefficient (Wildman–Crippen LogP) is 1.42. The number of nitrogens with zero attached hydrogens (tertiary/aromatic N) is 1. The first kappa shape index (κ1) is 18.8. The Kier molecular flexibility index (Phi) is 5.82. The van der Waals surface area contributed by atoms with E-state index in [1.165, 1.54) is 4.88 Å². The largest absolute Gasteiger partial charge is 0.377 e. The van der Waals surface area contributed by atoms with E-state index >= 15 is 0 Å². The summed E-state index contributed by atoms with van der Waals surface area (Å²) >= 11 is 1.67. The molecule has 2 saturated heterocycles. The van der Waals surface area contributed by atoms with Crippen molar-refractivity contribution in [2.75, 3.05) is 31.2 Å². The van der Waals surface area contributed by atoms with Gasteiger partial charge in [0, 0.05) is 24.6 Å². The molecule has 0 radical (unpaired) electrons. The van der Waals surface area contributed by atoms with Crippen LogP contribution in [-0.4, -0.2) is 62.1 Å². The second kappa shape index (κ2) is 7.73. The van der Waals surface area contributed by atoms with E-state index in [2.05, 4.69) is 16.3 Å². The van der Waals surface area contributed by atoms with Gasteiger partial charge in [-0.2, -0.15) is 0 Å². The third-order valence-corrected chi connectivity index (χ3v) is 7.52. The van der Waals surface area contributed by atoms with Gasteiger partial charge in [-0.05, 0) is 37.6 Å². The summed E-state index contributed by atoms with van der Waals surface area (Å²) in [6.07, 6.45) is 2.76. The van der Waals surface area contributed by atoms with Gasteiger partial charge in [0.2, 0.25) is 5.91 Å². The quantitative estimate of drug-likeness (QED) is 0.767. The Morgan fingerprint density at radius 1 is 1.52 bits per heavy atom. The van der Waals surface area contributed by atoms with Crippen LogP contribution in [-0.2, 0) is 25.9 Å². The van der Waals surface area contributed by atoms with Crippen molar-refractivity contribution in [1.29, 1.82) is 0 Å². The van der Waals surface area contributed by atoms with E-state index < -0.39 is 15.4 Å². The number of hydrogen-bond acceptors (Lipinski definition) is 6. The molecule has 0 saturated carbocycles. The Bertz CT molecular complexity index is 684. The summed E-state index contributed by atoms with van der Waals surface area (Å²) in [7, 11) is -3.03. The van der Waals surface area contributed by atoms with Gasteiger partial charge in [0.05, 0.1) is 29.7 Å². The van der Waals surface area contributed by atoms with E-state index in [0.717, 1.165) is 26.0 Å². The number of thiophene rings is 1. The fourth-order valence-corrected chi connectivity index (χ4v) is 6.41. The Morgan fingerprint density at radius 2 is 2.36 bits per heavy atom. The van der Waals surface area contributed by atoms with Crippen LogP contribution < -0.4 is 5.32 Å². The van der Waals surface area contributed by atoms with Crippen LogP contribution in [0, 0.1) is 0 Å². The smallest absolute Gasteiger partial charge is 0.234 e. The van der Waals surface area contributed by atoms with Crippen molar-refractivity contribution in [3.8, 4) is 0 Å². The number of nitrogens with one attached hydrogen (secondary N) is 1. The summed E-state index contributed by atoms with van der Waals surface area (Å²) in [6, 6.07) is 4.07.